The van der Waals surface area contributed by atoms with Crippen LogP contribution in [-0.2, 0) is 15.8 Å². The Bertz CT molecular complexity index is 1440. The quantitative estimate of drug-likeness (QED) is 0.327. The first-order valence-electron chi connectivity index (χ1n) is 13.0. The monoisotopic (exact) mass is 565 g/mol. The molecule has 3 amide bonds. The number of hydrogen-bond acceptors (Lipinski definition) is 4. The Morgan fingerprint density at radius 3 is 2.29 bits per heavy atom. The molecule has 41 heavy (non-hydrogen) atoms. The molecule has 1 aliphatic rings. The number of benzene rings is 3. The number of piperidine rings is 1. The third-order valence-corrected chi connectivity index (χ3v) is 6.83. The van der Waals surface area contributed by atoms with E-state index >= 15 is 0 Å². The number of carbonyl (C=O) groups is 3. The van der Waals surface area contributed by atoms with Crippen LogP contribution >= 0.6 is 0 Å². The Morgan fingerprint density at radius 1 is 0.951 bits per heavy atom. The van der Waals surface area contributed by atoms with Gasteiger partial charge in [-0.05, 0) is 78.4 Å². The van der Waals surface area contributed by atoms with Crippen molar-refractivity contribution in [1.29, 1.82) is 0 Å². The molecule has 0 aliphatic carbocycles. The second kappa shape index (κ2) is 12.7. The molecule has 4 rings (SSSR count). The molecular weight excluding hydrogens is 535 g/mol. The molecule has 3 aromatic carbocycles. The zero-order valence-corrected chi connectivity index (χ0v) is 22.6. The van der Waals surface area contributed by atoms with Crippen molar-refractivity contribution in [3.63, 3.8) is 0 Å². The number of nitrogens with zero attached hydrogens (tertiary/aromatic N) is 1. The SMILES string of the molecule is COc1ccc(C(=O)N2CCC(c3ccc(NC(=O)/C=C/c4cccc(C(F)(F)F)c4)cc3)CC2)cc1NC(C)=O. The smallest absolute Gasteiger partial charge is 0.416 e. The molecule has 214 valence electrons. The van der Waals surface area contributed by atoms with Crippen LogP contribution in [0.25, 0.3) is 6.08 Å². The Hall–Kier alpha value is -4.60. The van der Waals surface area contributed by atoms with Crippen molar-refractivity contribution in [2.45, 2.75) is 31.9 Å². The summed E-state index contributed by atoms with van der Waals surface area (Å²) < 4.78 is 43.9. The molecule has 1 fully saturated rings. The van der Waals surface area contributed by atoms with Crippen LogP contribution in [0.4, 0.5) is 24.5 Å². The number of nitrogens with one attached hydrogen (secondary N) is 2. The van der Waals surface area contributed by atoms with Crippen LogP contribution in [0.2, 0.25) is 0 Å². The lowest BCUT2D eigenvalue weighted by Crippen LogP contribution is -2.38. The summed E-state index contributed by atoms with van der Waals surface area (Å²) >= 11 is 0. The van der Waals surface area contributed by atoms with E-state index in [4.69, 9.17) is 4.74 Å². The zero-order valence-electron chi connectivity index (χ0n) is 22.6. The zero-order chi connectivity index (χ0) is 29.6. The molecule has 0 radical (unpaired) electrons. The van der Waals surface area contributed by atoms with Crippen LogP contribution in [0.3, 0.4) is 0 Å². The maximum absolute atomic E-state index is 13.1. The molecule has 0 aromatic heterocycles. The van der Waals surface area contributed by atoms with Crippen LogP contribution in [-0.4, -0.2) is 42.8 Å². The highest BCUT2D eigenvalue weighted by Gasteiger charge is 2.30. The molecule has 1 aliphatic heterocycles. The van der Waals surface area contributed by atoms with Gasteiger partial charge < -0.3 is 20.3 Å². The standard InChI is InChI=1S/C31H30F3N3O4/c1-20(38)35-27-19-24(9-12-28(27)41-2)30(40)37-16-14-23(15-17-37)22-7-10-26(11-8-22)36-29(39)13-6-21-4-3-5-25(18-21)31(32,33)34/h3-13,18-19,23H,14-17H2,1-2H3,(H,35,38)(H,36,39)/b13-6+. The van der Waals surface area contributed by atoms with Crippen LogP contribution in [0.5, 0.6) is 5.75 Å². The fourth-order valence-corrected chi connectivity index (χ4v) is 4.74. The minimum absolute atomic E-state index is 0.117. The average molecular weight is 566 g/mol. The van der Waals surface area contributed by atoms with Crippen molar-refractivity contribution in [1.82, 2.24) is 4.90 Å². The Labute approximate surface area is 236 Å². The van der Waals surface area contributed by atoms with Gasteiger partial charge in [0.1, 0.15) is 5.75 Å². The lowest BCUT2D eigenvalue weighted by molar-refractivity contribution is -0.137. The number of amides is 3. The van der Waals surface area contributed by atoms with E-state index < -0.39 is 17.6 Å². The maximum atomic E-state index is 13.1. The van der Waals surface area contributed by atoms with Gasteiger partial charge in [0.15, 0.2) is 0 Å². The van der Waals surface area contributed by atoms with E-state index in [9.17, 15) is 27.6 Å². The summed E-state index contributed by atoms with van der Waals surface area (Å²) in [4.78, 5) is 38.7. The summed E-state index contributed by atoms with van der Waals surface area (Å²) in [7, 11) is 1.50. The molecule has 1 saturated heterocycles. The van der Waals surface area contributed by atoms with Crippen molar-refractivity contribution in [2.24, 2.45) is 0 Å². The largest absolute Gasteiger partial charge is 0.495 e. The van der Waals surface area contributed by atoms with Gasteiger partial charge >= 0.3 is 6.18 Å². The van der Waals surface area contributed by atoms with Crippen molar-refractivity contribution < 1.29 is 32.3 Å². The molecule has 0 bridgehead atoms. The first kappa shape index (κ1) is 29.4. The Kier molecular flexibility index (Phi) is 9.11. The molecule has 0 spiro atoms. The Morgan fingerprint density at radius 2 is 1.66 bits per heavy atom. The third kappa shape index (κ3) is 7.75. The number of rotatable bonds is 7. The molecule has 1 heterocycles. The number of likely N-dealkylation sites (tertiary alicyclic amines) is 1. The molecule has 2 N–H and O–H groups in total. The van der Waals surface area contributed by atoms with Crippen LogP contribution < -0.4 is 15.4 Å². The van der Waals surface area contributed by atoms with Crippen molar-refractivity contribution >= 4 is 35.2 Å². The highest BCUT2D eigenvalue weighted by Crippen LogP contribution is 2.32. The molecule has 0 saturated carbocycles. The van der Waals surface area contributed by atoms with Gasteiger partial charge in [0.25, 0.3) is 5.91 Å². The van der Waals surface area contributed by atoms with E-state index in [-0.39, 0.29) is 23.3 Å². The van der Waals surface area contributed by atoms with Gasteiger partial charge in [0, 0.05) is 37.3 Å². The second-order valence-electron chi connectivity index (χ2n) is 9.73. The summed E-state index contributed by atoms with van der Waals surface area (Å²) in [6.07, 6.45) is -0.383. The summed E-state index contributed by atoms with van der Waals surface area (Å²) in [5.41, 5.74) is 2.06. The summed E-state index contributed by atoms with van der Waals surface area (Å²) in [5, 5.41) is 5.40. The molecule has 0 atom stereocenters. The van der Waals surface area contributed by atoms with E-state index in [1.54, 1.807) is 35.2 Å². The minimum Gasteiger partial charge on any atom is -0.495 e. The lowest BCUT2D eigenvalue weighted by Gasteiger charge is -2.32. The number of hydrogen-bond donors (Lipinski definition) is 2. The highest BCUT2D eigenvalue weighted by molar-refractivity contribution is 6.02. The number of ether oxygens (including phenoxy) is 1. The first-order valence-corrected chi connectivity index (χ1v) is 13.0. The minimum atomic E-state index is -4.45. The third-order valence-electron chi connectivity index (χ3n) is 6.83. The number of methoxy groups -OCH3 is 1. The number of halogens is 3. The number of alkyl halides is 3. The highest BCUT2D eigenvalue weighted by atomic mass is 19.4. The predicted molar refractivity (Wildman–Crippen MR) is 151 cm³/mol. The fourth-order valence-electron chi connectivity index (χ4n) is 4.74. The second-order valence-corrected chi connectivity index (χ2v) is 9.73. The average Bonchev–Trinajstić information content (AvgIpc) is 2.95. The topological polar surface area (TPSA) is 87.7 Å². The summed E-state index contributed by atoms with van der Waals surface area (Å²) in [5.74, 6) is -0.112. The molecule has 10 heteroatoms. The number of anilines is 2. The maximum Gasteiger partial charge on any atom is 0.416 e. The van der Waals surface area contributed by atoms with E-state index in [2.05, 4.69) is 10.6 Å². The van der Waals surface area contributed by atoms with Crippen molar-refractivity contribution in [2.75, 3.05) is 30.8 Å². The van der Waals surface area contributed by atoms with Gasteiger partial charge in [-0.1, -0.05) is 24.3 Å². The van der Waals surface area contributed by atoms with Gasteiger partial charge in [-0.3, -0.25) is 14.4 Å². The van der Waals surface area contributed by atoms with E-state index in [0.29, 0.717) is 35.8 Å². The lowest BCUT2D eigenvalue weighted by atomic mass is 9.89. The first-order chi connectivity index (χ1) is 19.5. The normalized spacial score (nSPS) is 14.1. The van der Waals surface area contributed by atoms with Crippen molar-refractivity contribution in [3.05, 3.63) is 95.1 Å². The number of carbonyl (C=O) groups excluding carboxylic acids is 3. The summed E-state index contributed by atoms with van der Waals surface area (Å²) in [6.45, 7) is 2.54. The molecular formula is C31H30F3N3O4. The van der Waals surface area contributed by atoms with Gasteiger partial charge in [0.05, 0.1) is 18.4 Å². The van der Waals surface area contributed by atoms with Gasteiger partial charge in [-0.15, -0.1) is 0 Å². The fraction of sp³-hybridized carbons (Fsp3) is 0.258. The van der Waals surface area contributed by atoms with Gasteiger partial charge in [0.2, 0.25) is 11.8 Å². The van der Waals surface area contributed by atoms with Crippen LogP contribution in [0, 0.1) is 0 Å². The molecule has 7 nitrogen and oxygen atoms in total. The van der Waals surface area contributed by atoms with Gasteiger partial charge in [-0.25, -0.2) is 0 Å². The summed E-state index contributed by atoms with van der Waals surface area (Å²) in [6, 6.07) is 17.1. The van der Waals surface area contributed by atoms with E-state index in [0.717, 1.165) is 30.5 Å². The van der Waals surface area contributed by atoms with Crippen LogP contribution in [0.1, 0.15) is 52.7 Å². The molecule has 0 unspecified atom stereocenters. The van der Waals surface area contributed by atoms with Gasteiger partial charge in [-0.2, -0.15) is 13.2 Å². The van der Waals surface area contributed by atoms with E-state index in [1.807, 2.05) is 12.1 Å². The van der Waals surface area contributed by atoms with E-state index in [1.165, 1.54) is 38.3 Å². The van der Waals surface area contributed by atoms with Crippen LogP contribution in [0.15, 0.2) is 72.8 Å². The Balaban J connectivity index is 1.31. The van der Waals surface area contributed by atoms with Crippen molar-refractivity contribution in [3.8, 4) is 5.75 Å². The predicted octanol–water partition coefficient (Wildman–Crippen LogP) is 6.34. The molecule has 3 aromatic rings.